The smallest absolute Gasteiger partial charge is 0.323 e. The Balaban J connectivity index is 1.85. The molecule has 2 saturated heterocycles. The largest absolute Gasteiger partial charge is 0.468 e. The number of hydrogen-bond donors (Lipinski definition) is 1. The number of nitrogens with zero attached hydrogens (tertiary/aromatic N) is 1. The minimum atomic E-state index is -0.0496. The van der Waals surface area contributed by atoms with Gasteiger partial charge >= 0.3 is 5.97 Å². The van der Waals surface area contributed by atoms with E-state index in [9.17, 15) is 4.79 Å². The average molecular weight is 226 g/mol. The van der Waals surface area contributed by atoms with E-state index >= 15 is 0 Å². The Kier molecular flexibility index (Phi) is 4.18. The van der Waals surface area contributed by atoms with Crippen LogP contribution in [0.5, 0.6) is 0 Å². The SMILES string of the molecule is COC(=O)C1CCCN1CC1CCNCC1. The first-order chi connectivity index (χ1) is 7.81. The second-order valence-electron chi connectivity index (χ2n) is 4.87. The predicted molar refractivity (Wildman–Crippen MR) is 62.2 cm³/mol. The zero-order chi connectivity index (χ0) is 11.4. The van der Waals surface area contributed by atoms with Gasteiger partial charge in [-0.1, -0.05) is 0 Å². The molecule has 16 heavy (non-hydrogen) atoms. The summed E-state index contributed by atoms with van der Waals surface area (Å²) < 4.78 is 4.86. The Morgan fingerprint density at radius 1 is 1.38 bits per heavy atom. The number of methoxy groups -OCH3 is 1. The summed E-state index contributed by atoms with van der Waals surface area (Å²) in [5.41, 5.74) is 0. The van der Waals surface area contributed by atoms with E-state index in [-0.39, 0.29) is 12.0 Å². The Morgan fingerprint density at radius 2 is 2.12 bits per heavy atom. The summed E-state index contributed by atoms with van der Waals surface area (Å²) in [5.74, 6) is 0.706. The third-order valence-electron chi connectivity index (χ3n) is 3.79. The summed E-state index contributed by atoms with van der Waals surface area (Å²) in [5, 5.41) is 3.37. The molecule has 0 aromatic heterocycles. The zero-order valence-corrected chi connectivity index (χ0v) is 10.1. The van der Waals surface area contributed by atoms with E-state index in [1.165, 1.54) is 20.0 Å². The molecule has 4 heteroatoms. The van der Waals surface area contributed by atoms with Crippen LogP contribution in [-0.4, -0.2) is 50.2 Å². The van der Waals surface area contributed by atoms with Crippen molar-refractivity contribution < 1.29 is 9.53 Å². The zero-order valence-electron chi connectivity index (χ0n) is 10.1. The molecule has 0 amide bonds. The number of piperidine rings is 1. The molecule has 2 aliphatic heterocycles. The first-order valence-corrected chi connectivity index (χ1v) is 6.34. The van der Waals surface area contributed by atoms with Crippen molar-refractivity contribution in [1.29, 1.82) is 0 Å². The average Bonchev–Trinajstić information content (AvgIpc) is 2.77. The second-order valence-corrected chi connectivity index (χ2v) is 4.87. The number of carbonyl (C=O) groups is 1. The normalized spacial score (nSPS) is 28.2. The fraction of sp³-hybridized carbons (Fsp3) is 0.917. The molecule has 0 aliphatic carbocycles. The van der Waals surface area contributed by atoms with Crippen LogP contribution in [0, 0.1) is 5.92 Å². The third kappa shape index (κ3) is 2.74. The molecule has 1 N–H and O–H groups in total. The molecule has 1 unspecified atom stereocenters. The Bertz CT molecular complexity index is 239. The van der Waals surface area contributed by atoms with E-state index < -0.39 is 0 Å². The number of nitrogens with one attached hydrogen (secondary N) is 1. The van der Waals surface area contributed by atoms with Crippen molar-refractivity contribution >= 4 is 5.97 Å². The summed E-state index contributed by atoms with van der Waals surface area (Å²) in [7, 11) is 1.49. The van der Waals surface area contributed by atoms with Gasteiger partial charge in [-0.05, 0) is 51.2 Å². The summed E-state index contributed by atoms with van der Waals surface area (Å²) in [6.07, 6.45) is 4.58. The standard InChI is InChI=1S/C12H22N2O2/c1-16-12(15)11-3-2-8-14(11)9-10-4-6-13-7-5-10/h10-11,13H,2-9H2,1H3. The molecule has 0 saturated carbocycles. The Morgan fingerprint density at radius 3 is 2.81 bits per heavy atom. The van der Waals surface area contributed by atoms with Crippen LogP contribution in [0.2, 0.25) is 0 Å². The minimum Gasteiger partial charge on any atom is -0.468 e. The molecule has 2 fully saturated rings. The van der Waals surface area contributed by atoms with Gasteiger partial charge in [-0.3, -0.25) is 9.69 Å². The van der Waals surface area contributed by atoms with Crippen LogP contribution in [-0.2, 0) is 9.53 Å². The third-order valence-corrected chi connectivity index (χ3v) is 3.79. The van der Waals surface area contributed by atoms with Crippen LogP contribution < -0.4 is 5.32 Å². The lowest BCUT2D eigenvalue weighted by atomic mass is 9.97. The van der Waals surface area contributed by atoms with Crippen LogP contribution in [0.25, 0.3) is 0 Å². The van der Waals surface area contributed by atoms with Crippen molar-refractivity contribution in [2.45, 2.75) is 31.7 Å². The van der Waals surface area contributed by atoms with Crippen molar-refractivity contribution in [1.82, 2.24) is 10.2 Å². The monoisotopic (exact) mass is 226 g/mol. The molecule has 1 atom stereocenters. The molecule has 2 rings (SSSR count). The first-order valence-electron chi connectivity index (χ1n) is 6.34. The van der Waals surface area contributed by atoms with Crippen LogP contribution >= 0.6 is 0 Å². The van der Waals surface area contributed by atoms with Gasteiger partial charge in [0, 0.05) is 6.54 Å². The highest BCUT2D eigenvalue weighted by atomic mass is 16.5. The molecule has 0 spiro atoms. The van der Waals surface area contributed by atoms with Gasteiger partial charge in [-0.25, -0.2) is 0 Å². The van der Waals surface area contributed by atoms with Crippen molar-refractivity contribution in [3.63, 3.8) is 0 Å². The molecule has 0 radical (unpaired) electrons. The van der Waals surface area contributed by atoms with Gasteiger partial charge in [0.15, 0.2) is 0 Å². The van der Waals surface area contributed by atoms with Gasteiger partial charge < -0.3 is 10.1 Å². The molecule has 4 nitrogen and oxygen atoms in total. The van der Waals surface area contributed by atoms with E-state index in [1.807, 2.05) is 0 Å². The van der Waals surface area contributed by atoms with Crippen LogP contribution in [0.4, 0.5) is 0 Å². The maximum absolute atomic E-state index is 11.6. The number of ether oxygens (including phenoxy) is 1. The highest BCUT2D eigenvalue weighted by Gasteiger charge is 2.32. The van der Waals surface area contributed by atoms with Gasteiger partial charge in [0.1, 0.15) is 6.04 Å². The fourth-order valence-electron chi connectivity index (χ4n) is 2.84. The number of carbonyl (C=O) groups excluding carboxylic acids is 1. The second kappa shape index (κ2) is 5.64. The molecule has 2 aliphatic rings. The van der Waals surface area contributed by atoms with Gasteiger partial charge in [0.2, 0.25) is 0 Å². The van der Waals surface area contributed by atoms with E-state index in [4.69, 9.17) is 4.74 Å². The lowest BCUT2D eigenvalue weighted by Gasteiger charge is -2.30. The van der Waals surface area contributed by atoms with Gasteiger partial charge in [-0.15, -0.1) is 0 Å². The summed E-state index contributed by atoms with van der Waals surface area (Å²) in [4.78, 5) is 13.9. The first kappa shape index (κ1) is 11.9. The van der Waals surface area contributed by atoms with E-state index in [1.54, 1.807) is 0 Å². The molecule has 92 valence electrons. The Labute approximate surface area is 97.3 Å². The maximum atomic E-state index is 11.6. The van der Waals surface area contributed by atoms with Crippen molar-refractivity contribution in [3.05, 3.63) is 0 Å². The summed E-state index contributed by atoms with van der Waals surface area (Å²) >= 11 is 0. The molecule has 2 heterocycles. The van der Waals surface area contributed by atoms with Crippen molar-refractivity contribution in [2.75, 3.05) is 33.3 Å². The molecule has 0 aromatic rings. The van der Waals surface area contributed by atoms with E-state index in [0.29, 0.717) is 0 Å². The summed E-state index contributed by atoms with van der Waals surface area (Å²) in [6.45, 7) is 4.38. The van der Waals surface area contributed by atoms with Crippen molar-refractivity contribution in [3.8, 4) is 0 Å². The quantitative estimate of drug-likeness (QED) is 0.716. The van der Waals surface area contributed by atoms with E-state index in [2.05, 4.69) is 10.2 Å². The molecule has 0 aromatic carbocycles. The highest BCUT2D eigenvalue weighted by Crippen LogP contribution is 2.22. The Hall–Kier alpha value is -0.610. The van der Waals surface area contributed by atoms with Crippen molar-refractivity contribution in [2.24, 2.45) is 5.92 Å². The van der Waals surface area contributed by atoms with Crippen LogP contribution in [0.3, 0.4) is 0 Å². The van der Waals surface area contributed by atoms with Crippen LogP contribution in [0.1, 0.15) is 25.7 Å². The topological polar surface area (TPSA) is 41.6 Å². The number of likely N-dealkylation sites (tertiary alicyclic amines) is 1. The van der Waals surface area contributed by atoms with Crippen LogP contribution in [0.15, 0.2) is 0 Å². The minimum absolute atomic E-state index is 0.0277. The molecular formula is C12H22N2O2. The van der Waals surface area contributed by atoms with Gasteiger partial charge in [0.05, 0.1) is 7.11 Å². The number of hydrogen-bond acceptors (Lipinski definition) is 4. The van der Waals surface area contributed by atoms with Gasteiger partial charge in [-0.2, -0.15) is 0 Å². The van der Waals surface area contributed by atoms with Gasteiger partial charge in [0.25, 0.3) is 0 Å². The molecule has 0 bridgehead atoms. The highest BCUT2D eigenvalue weighted by molar-refractivity contribution is 5.75. The predicted octanol–water partition coefficient (Wildman–Crippen LogP) is 0.623. The number of rotatable bonds is 3. The van der Waals surface area contributed by atoms with E-state index in [0.717, 1.165) is 44.9 Å². The summed E-state index contributed by atoms with van der Waals surface area (Å²) in [6, 6.07) is 0.0277. The fourth-order valence-corrected chi connectivity index (χ4v) is 2.84. The maximum Gasteiger partial charge on any atom is 0.323 e. The molecular weight excluding hydrogens is 204 g/mol. The lowest BCUT2D eigenvalue weighted by molar-refractivity contribution is -0.146. The number of esters is 1. The lowest BCUT2D eigenvalue weighted by Crippen LogP contribution is -2.42.